The zero-order valence-corrected chi connectivity index (χ0v) is 17.0. The summed E-state index contributed by atoms with van der Waals surface area (Å²) in [7, 11) is -3.21. The molecule has 3 N–H and O–H groups in total. The monoisotopic (exact) mass is 449 g/mol. The van der Waals surface area contributed by atoms with E-state index in [1.54, 1.807) is 0 Å². The number of anilines is 4. The van der Waals surface area contributed by atoms with Crippen molar-refractivity contribution >= 4 is 44.1 Å². The molecule has 0 bridgehead atoms. The number of nitrogens with one attached hydrogen (secondary N) is 1. The maximum absolute atomic E-state index is 12.1. The highest BCUT2D eigenvalue weighted by Crippen LogP contribution is 2.28. The molecular formula is C21H23N7O2S. The molecule has 0 radical (unpaired) electrons. The van der Waals surface area contributed by atoms with Gasteiger partial charge in [-0.05, 0) is 55.6 Å². The molecule has 9 nitrogen and oxygen atoms in total. The Morgan fingerprint density at radius 1 is 1.26 bits per heavy atom. The van der Waals surface area contributed by atoms with Gasteiger partial charge < -0.3 is 10.2 Å². The lowest BCUT2D eigenvalue weighted by Gasteiger charge is -2.19. The maximum Gasteiger partial charge on any atom is 0.238 e. The van der Waals surface area contributed by atoms with Crippen LogP contribution in [0.2, 0.25) is 0 Å². The number of aromatic nitrogens is 4. The van der Waals surface area contributed by atoms with Gasteiger partial charge in [0.05, 0.1) is 18.6 Å². The fraction of sp³-hybridized carbons (Fsp3) is 0.190. The van der Waals surface area contributed by atoms with Gasteiger partial charge in [-0.1, -0.05) is 6.04 Å². The fourth-order valence-corrected chi connectivity index (χ4v) is 3.39. The van der Waals surface area contributed by atoms with Gasteiger partial charge in [0.25, 0.3) is 0 Å². The predicted octanol–water partition coefficient (Wildman–Crippen LogP) is 3.14. The third-order valence-electron chi connectivity index (χ3n) is 4.16. The van der Waals surface area contributed by atoms with Crippen LogP contribution in [0.3, 0.4) is 0 Å². The summed E-state index contributed by atoms with van der Waals surface area (Å²) in [5.41, 5.74) is -2.12. The molecule has 0 aliphatic heterocycles. The standard InChI is InChI=1S/C21H23N7O2S/c1-13-5-6-15(11-19(13)31(22,29)30)24-21-23-10-9-20(25-21)27(3)16-7-8-17-14(2)28(4)26-18(17)12-16/h5-12H,1-4H3,(H2,22,29,30)(H,23,24,25)/i2D3,3D3,5D,6D,7D,8D,11D,12D. The Kier molecular flexibility index (Phi) is 2.63. The van der Waals surface area contributed by atoms with Gasteiger partial charge in [-0.15, -0.1) is 0 Å². The molecule has 0 fully saturated rings. The van der Waals surface area contributed by atoms with Gasteiger partial charge in [0.1, 0.15) is 5.82 Å². The second kappa shape index (κ2) is 7.64. The third-order valence-corrected chi connectivity index (χ3v) is 5.14. The van der Waals surface area contributed by atoms with Crippen molar-refractivity contribution in [1.29, 1.82) is 0 Å². The van der Waals surface area contributed by atoms with Gasteiger partial charge in [0.2, 0.25) is 16.0 Å². The van der Waals surface area contributed by atoms with E-state index in [0.717, 1.165) is 16.9 Å². The maximum atomic E-state index is 12.1. The van der Waals surface area contributed by atoms with Gasteiger partial charge in [0, 0.05) is 50.9 Å². The van der Waals surface area contributed by atoms with Gasteiger partial charge in [-0.2, -0.15) is 10.1 Å². The van der Waals surface area contributed by atoms with Crippen molar-refractivity contribution < 1.29 is 24.9 Å². The summed E-state index contributed by atoms with van der Waals surface area (Å²) in [5.74, 6) is -0.904. The number of hydrogen-bond donors (Lipinski definition) is 2. The molecule has 31 heavy (non-hydrogen) atoms. The molecule has 0 saturated heterocycles. The Labute approximate surface area is 197 Å². The summed E-state index contributed by atoms with van der Waals surface area (Å²) in [6.45, 7) is -4.69. The fourth-order valence-electron chi connectivity index (χ4n) is 2.67. The molecule has 0 aliphatic rings. The lowest BCUT2D eigenvalue weighted by molar-refractivity contribution is 0.597. The van der Waals surface area contributed by atoms with Crippen molar-refractivity contribution in [3.8, 4) is 0 Å². The van der Waals surface area contributed by atoms with Crippen LogP contribution >= 0.6 is 0 Å². The van der Waals surface area contributed by atoms with Gasteiger partial charge in [0.15, 0.2) is 0 Å². The topological polar surface area (TPSA) is 119 Å². The van der Waals surface area contributed by atoms with Gasteiger partial charge >= 0.3 is 0 Å². The van der Waals surface area contributed by atoms with Crippen LogP contribution in [-0.2, 0) is 17.1 Å². The van der Waals surface area contributed by atoms with Crippen LogP contribution in [0, 0.1) is 13.8 Å². The summed E-state index contributed by atoms with van der Waals surface area (Å²) < 4.78 is 124. The Morgan fingerprint density at radius 3 is 2.84 bits per heavy atom. The molecule has 2 aromatic carbocycles. The summed E-state index contributed by atoms with van der Waals surface area (Å²) in [6.07, 6.45) is 1.06. The van der Waals surface area contributed by atoms with Crippen LogP contribution in [0.15, 0.2) is 53.4 Å². The van der Waals surface area contributed by atoms with E-state index in [0.29, 0.717) is 4.90 Å². The third kappa shape index (κ3) is 4.07. The first-order valence-electron chi connectivity index (χ1n) is 14.6. The lowest BCUT2D eigenvalue weighted by Crippen LogP contribution is -2.14. The second-order valence-corrected chi connectivity index (χ2v) is 7.87. The highest BCUT2D eigenvalue weighted by Gasteiger charge is 2.14. The predicted molar refractivity (Wildman–Crippen MR) is 121 cm³/mol. The molecule has 10 heteroatoms. The average molecular weight is 450 g/mol. The zero-order chi connectivity index (χ0) is 32.6. The molecule has 160 valence electrons. The molecule has 4 aromatic rings. The zero-order valence-electron chi connectivity index (χ0n) is 28.2. The van der Waals surface area contributed by atoms with Gasteiger partial charge in [-0.25, -0.2) is 18.5 Å². The van der Waals surface area contributed by atoms with Crippen LogP contribution in [-0.4, -0.2) is 35.1 Å². The van der Waals surface area contributed by atoms with E-state index in [-0.39, 0.29) is 16.5 Å². The number of benzene rings is 2. The second-order valence-electron chi connectivity index (χ2n) is 6.37. The highest BCUT2D eigenvalue weighted by atomic mass is 32.2. The summed E-state index contributed by atoms with van der Waals surface area (Å²) in [6, 6.07) is -2.94. The summed E-state index contributed by atoms with van der Waals surface area (Å²) in [4.78, 5) is 7.78. The Morgan fingerprint density at radius 2 is 2.10 bits per heavy atom. The van der Waals surface area contributed by atoms with E-state index in [9.17, 15) is 8.42 Å². The number of nitrogens with zero attached hydrogens (tertiary/aromatic N) is 5. The molecule has 0 saturated carbocycles. The van der Waals surface area contributed by atoms with Crippen LogP contribution in [0.4, 0.5) is 23.1 Å². The van der Waals surface area contributed by atoms with E-state index >= 15 is 0 Å². The quantitative estimate of drug-likeness (QED) is 0.480. The number of aryl methyl sites for hydroxylation is 2. The molecule has 0 atom stereocenters. The number of hydrogen-bond acceptors (Lipinski definition) is 7. The molecule has 0 amide bonds. The summed E-state index contributed by atoms with van der Waals surface area (Å²) in [5, 5.41) is 11.4. The summed E-state index contributed by atoms with van der Waals surface area (Å²) >= 11 is 0. The van der Waals surface area contributed by atoms with Crippen molar-refractivity contribution in [1.82, 2.24) is 19.7 Å². The lowest BCUT2D eigenvalue weighted by atomic mass is 10.2. The minimum Gasteiger partial charge on any atom is -0.329 e. The molecule has 2 aromatic heterocycles. The Hall–Kier alpha value is -3.50. The minimum atomic E-state index is -4.49. The molecule has 0 spiro atoms. The largest absolute Gasteiger partial charge is 0.329 e. The van der Waals surface area contributed by atoms with Crippen LogP contribution in [0.1, 0.15) is 27.7 Å². The first-order chi connectivity index (χ1) is 19.6. The van der Waals surface area contributed by atoms with E-state index in [1.807, 2.05) is 0 Å². The smallest absolute Gasteiger partial charge is 0.238 e. The normalized spacial score (nSPS) is 18.0. The SMILES string of the molecule is [2H]c1c([2H])c(Nc2nccc(N(c3c([2H])c([2H])c4c(C([2H])([2H])[2H])n(C)nc4c3[2H])C([2H])([2H])[2H])n2)c([2H])c(S(N)(=O)=O)c1C. The van der Waals surface area contributed by atoms with E-state index < -0.39 is 93.8 Å². The van der Waals surface area contributed by atoms with Crippen molar-refractivity contribution in [3.63, 3.8) is 0 Å². The Bertz CT molecular complexity index is 1910. The molecule has 4 rings (SSSR count). The van der Waals surface area contributed by atoms with Crippen LogP contribution in [0.5, 0.6) is 0 Å². The Balaban J connectivity index is 1.94. The minimum absolute atomic E-state index is 0.227. The number of sulfonamides is 1. The average Bonchev–Trinajstić information content (AvgIpc) is 3.23. The molecule has 2 heterocycles. The van der Waals surface area contributed by atoms with Crippen molar-refractivity contribution in [2.75, 3.05) is 17.2 Å². The first kappa shape index (κ1) is 10.7. The van der Waals surface area contributed by atoms with Gasteiger partial charge in [-0.3, -0.25) is 4.68 Å². The number of nitrogens with two attached hydrogens (primary N) is 1. The van der Waals surface area contributed by atoms with Crippen molar-refractivity contribution in [3.05, 3.63) is 59.8 Å². The van der Waals surface area contributed by atoms with Crippen LogP contribution < -0.4 is 15.4 Å². The number of fused-ring (bicyclic) bond motifs is 1. The first-order valence-corrected chi connectivity index (χ1v) is 10.1. The van der Waals surface area contributed by atoms with Crippen LogP contribution in [0.25, 0.3) is 10.9 Å². The highest BCUT2D eigenvalue weighted by molar-refractivity contribution is 7.89. The van der Waals surface area contributed by atoms with Crippen molar-refractivity contribution in [2.24, 2.45) is 12.2 Å². The van der Waals surface area contributed by atoms with E-state index in [1.165, 1.54) is 14.0 Å². The molecular weight excluding hydrogens is 414 g/mol. The molecule has 0 unspecified atom stereocenters. The van der Waals surface area contributed by atoms with E-state index in [4.69, 9.17) is 21.6 Å². The van der Waals surface area contributed by atoms with Crippen molar-refractivity contribution in [2.45, 2.75) is 18.7 Å². The molecule has 0 aliphatic carbocycles. The number of primary sulfonamides is 1. The van der Waals surface area contributed by atoms with E-state index in [2.05, 4.69) is 20.4 Å². The number of rotatable bonds is 5.